The summed E-state index contributed by atoms with van der Waals surface area (Å²) in [5.74, 6) is -0.335. The normalized spacial score (nSPS) is 15.0. The molecule has 1 aromatic heterocycles. The monoisotopic (exact) mass is 393 g/mol. The van der Waals surface area contributed by atoms with Gasteiger partial charge >= 0.3 is 0 Å². The molecule has 0 saturated carbocycles. The molecule has 0 spiro atoms. The molecule has 1 aliphatic heterocycles. The van der Waals surface area contributed by atoms with Crippen LogP contribution in [0, 0.1) is 0 Å². The topological polar surface area (TPSA) is 69.7 Å². The van der Waals surface area contributed by atoms with Gasteiger partial charge in [0.15, 0.2) is 0 Å². The molecule has 1 aliphatic rings. The highest BCUT2D eigenvalue weighted by molar-refractivity contribution is 7.89. The summed E-state index contributed by atoms with van der Waals surface area (Å²) in [7, 11) is 0.130. The average Bonchev–Trinajstić information content (AvgIpc) is 3.11. The fraction of sp³-hybridized carbons (Fsp3) is 0.389. The van der Waals surface area contributed by atoms with Crippen LogP contribution in [-0.2, 0) is 23.0 Å². The minimum Gasteiger partial charge on any atom is -0.350 e. The highest BCUT2D eigenvalue weighted by Gasteiger charge is 2.32. The van der Waals surface area contributed by atoms with E-state index in [4.69, 9.17) is 0 Å². The first-order chi connectivity index (χ1) is 12.4. The second-order valence-corrected chi connectivity index (χ2v) is 9.35. The fourth-order valence-electron chi connectivity index (χ4n) is 2.95. The molecule has 0 unspecified atom stereocenters. The van der Waals surface area contributed by atoms with E-state index in [1.54, 1.807) is 5.38 Å². The number of nitrogens with one attached hydrogen (secondary N) is 1. The molecule has 1 N–H and O–H groups in total. The van der Waals surface area contributed by atoms with Crippen LogP contribution in [0.15, 0.2) is 40.6 Å². The predicted octanol–water partition coefficient (Wildman–Crippen LogP) is 1.79. The molecular formula is C18H23N3O3S2. The third kappa shape index (κ3) is 3.98. The van der Waals surface area contributed by atoms with E-state index in [1.807, 2.05) is 43.3 Å². The molecule has 2 aromatic rings. The molecule has 1 aromatic carbocycles. The number of thiophene rings is 1. The first kappa shape index (κ1) is 19.0. The Kier molecular flexibility index (Phi) is 5.76. The number of sulfonamides is 1. The zero-order valence-electron chi connectivity index (χ0n) is 14.9. The molecule has 1 amide bonds. The fourth-order valence-corrected chi connectivity index (χ4v) is 5.69. The average molecular weight is 394 g/mol. The number of carbonyl (C=O) groups is 1. The Balaban J connectivity index is 1.79. The first-order valence-corrected chi connectivity index (χ1v) is 10.8. The largest absolute Gasteiger partial charge is 0.350 e. The molecule has 2 heterocycles. The van der Waals surface area contributed by atoms with Crippen molar-refractivity contribution < 1.29 is 13.2 Å². The summed E-state index contributed by atoms with van der Waals surface area (Å²) in [4.78, 5) is 14.7. The molecule has 0 aliphatic carbocycles. The van der Waals surface area contributed by atoms with Crippen molar-refractivity contribution in [2.45, 2.75) is 17.9 Å². The van der Waals surface area contributed by atoms with Crippen LogP contribution < -0.4 is 5.32 Å². The second-order valence-electron chi connectivity index (χ2n) is 6.53. The van der Waals surface area contributed by atoms with Crippen LogP contribution in [0.25, 0.3) is 0 Å². The summed E-state index contributed by atoms with van der Waals surface area (Å²) in [6.45, 7) is 1.94. The molecule has 8 heteroatoms. The van der Waals surface area contributed by atoms with Gasteiger partial charge in [0.1, 0.15) is 9.77 Å². The van der Waals surface area contributed by atoms with E-state index >= 15 is 0 Å². The standard InChI is InChI=1S/C18H23N3O3S2/c1-20(2)11-9-19-18(22)17-16(8-12-25-17)26(23,24)21-10-7-14-5-3-4-6-15(14)13-21/h3-6,8,12H,7,9-11,13H2,1-2H3,(H,19,22). The number of hydrogen-bond donors (Lipinski definition) is 1. The van der Waals surface area contributed by atoms with Gasteiger partial charge in [0.05, 0.1) is 0 Å². The number of nitrogens with zero attached hydrogens (tertiary/aromatic N) is 2. The highest BCUT2D eigenvalue weighted by atomic mass is 32.2. The third-order valence-electron chi connectivity index (χ3n) is 4.39. The lowest BCUT2D eigenvalue weighted by molar-refractivity contribution is 0.0952. The Morgan fingerprint density at radius 3 is 2.69 bits per heavy atom. The Hall–Kier alpha value is -1.74. The zero-order valence-corrected chi connectivity index (χ0v) is 16.6. The van der Waals surface area contributed by atoms with Crippen molar-refractivity contribution in [3.63, 3.8) is 0 Å². The maximum absolute atomic E-state index is 13.1. The number of likely N-dealkylation sites (N-methyl/N-ethyl adjacent to an activating group) is 1. The van der Waals surface area contributed by atoms with Gasteiger partial charge in [-0.25, -0.2) is 8.42 Å². The van der Waals surface area contributed by atoms with Crippen LogP contribution in [0.5, 0.6) is 0 Å². The maximum Gasteiger partial charge on any atom is 0.262 e. The van der Waals surface area contributed by atoms with Crippen LogP contribution >= 0.6 is 11.3 Å². The Labute approximate surface area is 158 Å². The lowest BCUT2D eigenvalue weighted by Gasteiger charge is -2.28. The summed E-state index contributed by atoms with van der Waals surface area (Å²) in [5.41, 5.74) is 2.21. The van der Waals surface area contributed by atoms with E-state index in [2.05, 4.69) is 5.32 Å². The van der Waals surface area contributed by atoms with Crippen LogP contribution in [0.1, 0.15) is 20.8 Å². The van der Waals surface area contributed by atoms with Crippen molar-refractivity contribution in [3.8, 4) is 0 Å². The molecule has 3 rings (SSSR count). The number of rotatable bonds is 6. The molecule has 0 radical (unpaired) electrons. The van der Waals surface area contributed by atoms with Crippen molar-refractivity contribution in [1.82, 2.24) is 14.5 Å². The van der Waals surface area contributed by atoms with Gasteiger partial charge in [-0.3, -0.25) is 4.79 Å². The number of benzene rings is 1. The van der Waals surface area contributed by atoms with E-state index in [0.29, 0.717) is 32.6 Å². The minimum atomic E-state index is -3.71. The number of carbonyl (C=O) groups excluding carboxylic acids is 1. The van der Waals surface area contributed by atoms with E-state index < -0.39 is 10.0 Å². The molecule has 0 fully saturated rings. The zero-order chi connectivity index (χ0) is 18.7. The molecular weight excluding hydrogens is 370 g/mol. The number of fused-ring (bicyclic) bond motifs is 1. The lowest BCUT2D eigenvalue weighted by atomic mass is 10.0. The van der Waals surface area contributed by atoms with Crippen LogP contribution in [0.2, 0.25) is 0 Å². The molecule has 0 bridgehead atoms. The van der Waals surface area contributed by atoms with Crippen LogP contribution in [-0.4, -0.2) is 57.3 Å². The van der Waals surface area contributed by atoms with Crippen LogP contribution in [0.4, 0.5) is 0 Å². The molecule has 0 atom stereocenters. The van der Waals surface area contributed by atoms with Gasteiger partial charge in [0.25, 0.3) is 5.91 Å². The van der Waals surface area contributed by atoms with Crippen molar-refractivity contribution in [2.75, 3.05) is 33.7 Å². The Morgan fingerprint density at radius 2 is 1.96 bits per heavy atom. The van der Waals surface area contributed by atoms with Crippen molar-refractivity contribution in [3.05, 3.63) is 51.7 Å². The van der Waals surface area contributed by atoms with E-state index in [1.165, 1.54) is 15.9 Å². The van der Waals surface area contributed by atoms with Crippen molar-refractivity contribution in [1.29, 1.82) is 0 Å². The maximum atomic E-state index is 13.1. The second kappa shape index (κ2) is 7.87. The summed E-state index contributed by atoms with van der Waals surface area (Å²) in [6, 6.07) is 9.41. The Morgan fingerprint density at radius 1 is 1.23 bits per heavy atom. The molecule has 0 saturated heterocycles. The van der Waals surface area contributed by atoms with Gasteiger partial charge in [0, 0.05) is 26.2 Å². The van der Waals surface area contributed by atoms with Crippen molar-refractivity contribution in [2.24, 2.45) is 0 Å². The summed E-state index contributed by atoms with van der Waals surface area (Å²) in [6.07, 6.45) is 0.684. The van der Waals surface area contributed by atoms with Gasteiger partial charge in [0.2, 0.25) is 10.0 Å². The van der Waals surface area contributed by atoms with Gasteiger partial charge < -0.3 is 10.2 Å². The van der Waals surface area contributed by atoms with E-state index in [-0.39, 0.29) is 15.7 Å². The third-order valence-corrected chi connectivity index (χ3v) is 7.32. The van der Waals surface area contributed by atoms with Crippen molar-refractivity contribution >= 4 is 27.3 Å². The van der Waals surface area contributed by atoms with Gasteiger partial charge in [-0.1, -0.05) is 24.3 Å². The highest BCUT2D eigenvalue weighted by Crippen LogP contribution is 2.29. The quantitative estimate of drug-likeness (QED) is 0.812. The number of amides is 1. The van der Waals surface area contributed by atoms with Gasteiger partial charge in [-0.05, 0) is 43.1 Å². The number of hydrogen-bond acceptors (Lipinski definition) is 5. The summed E-state index contributed by atoms with van der Waals surface area (Å²) >= 11 is 1.16. The molecule has 26 heavy (non-hydrogen) atoms. The molecule has 140 valence electrons. The SMILES string of the molecule is CN(C)CCNC(=O)c1sccc1S(=O)(=O)N1CCc2ccccc2C1. The van der Waals surface area contributed by atoms with Crippen LogP contribution in [0.3, 0.4) is 0 Å². The summed E-state index contributed by atoms with van der Waals surface area (Å²) in [5, 5.41) is 4.45. The Bertz CT molecular complexity index is 891. The minimum absolute atomic E-state index is 0.101. The van der Waals surface area contributed by atoms with Gasteiger partial charge in [-0.15, -0.1) is 11.3 Å². The molecule has 6 nitrogen and oxygen atoms in total. The van der Waals surface area contributed by atoms with E-state index in [0.717, 1.165) is 16.9 Å². The first-order valence-electron chi connectivity index (χ1n) is 8.47. The lowest BCUT2D eigenvalue weighted by Crippen LogP contribution is -2.37. The van der Waals surface area contributed by atoms with E-state index in [9.17, 15) is 13.2 Å². The van der Waals surface area contributed by atoms with Gasteiger partial charge in [-0.2, -0.15) is 4.31 Å². The predicted molar refractivity (Wildman–Crippen MR) is 103 cm³/mol. The summed E-state index contributed by atoms with van der Waals surface area (Å²) < 4.78 is 27.7. The smallest absolute Gasteiger partial charge is 0.262 e.